The zero-order valence-corrected chi connectivity index (χ0v) is 22.5. The summed E-state index contributed by atoms with van der Waals surface area (Å²) in [5.41, 5.74) is 2.90. The van der Waals surface area contributed by atoms with Gasteiger partial charge in [0.05, 0.1) is 15.1 Å². The second-order valence-electron chi connectivity index (χ2n) is 9.29. The lowest BCUT2D eigenvalue weighted by atomic mass is 9.89. The average Bonchev–Trinajstić information content (AvgIpc) is 3.27. The first-order valence-corrected chi connectivity index (χ1v) is 13.5. The number of amides is 1. The van der Waals surface area contributed by atoms with Crippen molar-refractivity contribution in [3.05, 3.63) is 94.1 Å². The van der Waals surface area contributed by atoms with Gasteiger partial charge in [-0.15, -0.1) is 11.3 Å². The van der Waals surface area contributed by atoms with Crippen LogP contribution in [-0.2, 0) is 0 Å². The Hall–Kier alpha value is -2.87. The largest absolute Gasteiger partial charge is 0.331 e. The molecule has 4 nitrogen and oxygen atoms in total. The maximum Gasteiger partial charge on any atom is 0.266 e. The van der Waals surface area contributed by atoms with E-state index >= 15 is 0 Å². The fraction of sp³-hybridized carbons (Fsp3) is 0.310. The van der Waals surface area contributed by atoms with Gasteiger partial charge < -0.3 is 10.2 Å². The first-order chi connectivity index (χ1) is 17.8. The molecular formula is C29H30ClF2N3OS. The molecule has 0 atom stereocenters. The molecule has 3 aromatic rings. The lowest BCUT2D eigenvalue weighted by molar-refractivity contribution is 0.0650. The predicted octanol–water partition coefficient (Wildman–Crippen LogP) is 7.42. The van der Waals surface area contributed by atoms with E-state index in [1.165, 1.54) is 0 Å². The number of nitrogens with one attached hydrogen (secondary N) is 1. The maximum absolute atomic E-state index is 14.5. The number of thiophene rings is 1. The third-order valence-corrected chi connectivity index (χ3v) is 8.49. The summed E-state index contributed by atoms with van der Waals surface area (Å²) >= 11 is 7.42. The van der Waals surface area contributed by atoms with Gasteiger partial charge in [0.2, 0.25) is 0 Å². The van der Waals surface area contributed by atoms with Crippen LogP contribution in [0.4, 0.5) is 8.78 Å². The standard InChI is InChI=1S/C29H30ClF2N3OS/c1-4-5-20(19-12-14-34-15-13-19)16-18(2)17-35(22-8-6-21(33-3)7-9-22)29(36)28-26(30)25-23(31)10-11-24(32)27(25)37-28/h4-5,10-16,21-22,33H,1,6-9,17H2,2-3H3/b18-16+,20-5+/t21-,22-. The number of allylic oxidation sites excluding steroid dienone is 4. The van der Waals surface area contributed by atoms with E-state index in [-0.39, 0.29) is 31.9 Å². The van der Waals surface area contributed by atoms with Crippen molar-refractivity contribution in [1.82, 2.24) is 15.2 Å². The van der Waals surface area contributed by atoms with Gasteiger partial charge in [0, 0.05) is 31.0 Å². The minimum Gasteiger partial charge on any atom is -0.331 e. The van der Waals surface area contributed by atoms with Crippen molar-refractivity contribution in [1.29, 1.82) is 0 Å². The third-order valence-electron chi connectivity index (χ3n) is 6.82. The van der Waals surface area contributed by atoms with Gasteiger partial charge in [-0.1, -0.05) is 42.0 Å². The molecule has 37 heavy (non-hydrogen) atoms. The molecule has 2 aromatic heterocycles. The molecule has 1 aromatic carbocycles. The molecule has 8 heteroatoms. The molecular weight excluding hydrogens is 512 g/mol. The van der Waals surface area contributed by atoms with Crippen molar-refractivity contribution in [3.63, 3.8) is 0 Å². The number of halogens is 3. The lowest BCUT2D eigenvalue weighted by Crippen LogP contribution is -2.45. The van der Waals surface area contributed by atoms with Gasteiger partial charge in [-0.25, -0.2) is 8.78 Å². The van der Waals surface area contributed by atoms with Gasteiger partial charge in [0.1, 0.15) is 16.5 Å². The highest BCUT2D eigenvalue weighted by Gasteiger charge is 2.32. The molecule has 0 bridgehead atoms. The van der Waals surface area contributed by atoms with Gasteiger partial charge in [-0.05, 0) is 75.1 Å². The van der Waals surface area contributed by atoms with E-state index < -0.39 is 11.6 Å². The van der Waals surface area contributed by atoms with Crippen LogP contribution in [0.5, 0.6) is 0 Å². The molecule has 0 unspecified atom stereocenters. The molecule has 0 radical (unpaired) electrons. The number of hydrogen-bond donors (Lipinski definition) is 1. The van der Waals surface area contributed by atoms with E-state index in [0.29, 0.717) is 12.6 Å². The molecule has 194 valence electrons. The number of aromatic nitrogens is 1. The second-order valence-corrected chi connectivity index (χ2v) is 10.7. The Morgan fingerprint density at radius 2 is 1.86 bits per heavy atom. The highest BCUT2D eigenvalue weighted by molar-refractivity contribution is 7.21. The highest BCUT2D eigenvalue weighted by atomic mass is 35.5. The molecule has 1 amide bonds. The predicted molar refractivity (Wildman–Crippen MR) is 149 cm³/mol. The number of rotatable bonds is 8. The van der Waals surface area contributed by atoms with Crippen LogP contribution in [-0.4, -0.2) is 41.5 Å². The van der Waals surface area contributed by atoms with Crippen LogP contribution in [0.3, 0.4) is 0 Å². The number of carbonyl (C=O) groups is 1. The Morgan fingerprint density at radius 3 is 2.49 bits per heavy atom. The Labute approximate surface area is 225 Å². The van der Waals surface area contributed by atoms with Gasteiger partial charge in [0.15, 0.2) is 0 Å². The number of carbonyl (C=O) groups excluding carboxylic acids is 1. The van der Waals surface area contributed by atoms with E-state index in [9.17, 15) is 13.6 Å². The van der Waals surface area contributed by atoms with Crippen molar-refractivity contribution in [2.45, 2.75) is 44.7 Å². The molecule has 1 N–H and O–H groups in total. The first-order valence-electron chi connectivity index (χ1n) is 12.3. The van der Waals surface area contributed by atoms with Gasteiger partial charge >= 0.3 is 0 Å². The van der Waals surface area contributed by atoms with Crippen LogP contribution in [0.15, 0.2) is 67.0 Å². The van der Waals surface area contributed by atoms with Crippen LogP contribution in [0.25, 0.3) is 15.7 Å². The zero-order valence-electron chi connectivity index (χ0n) is 20.9. The van der Waals surface area contributed by atoms with Crippen LogP contribution in [0.1, 0.15) is 47.8 Å². The Morgan fingerprint density at radius 1 is 1.19 bits per heavy atom. The SMILES string of the molecule is C=C/C=C(\C=C(/C)CN(C(=O)c1sc2c(F)ccc(F)c2c1Cl)[C@H]1CC[C@H](NC)CC1)c1ccncc1. The van der Waals surface area contributed by atoms with E-state index in [4.69, 9.17) is 11.6 Å². The van der Waals surface area contributed by atoms with E-state index in [2.05, 4.69) is 16.9 Å². The summed E-state index contributed by atoms with van der Waals surface area (Å²) < 4.78 is 29.1. The average molecular weight is 542 g/mol. The molecule has 0 aliphatic heterocycles. The second kappa shape index (κ2) is 12.1. The van der Waals surface area contributed by atoms with Gasteiger partial charge in [0.25, 0.3) is 5.91 Å². The van der Waals surface area contributed by atoms with Crippen LogP contribution in [0, 0.1) is 11.6 Å². The maximum atomic E-state index is 14.5. The quantitative estimate of drug-likeness (QED) is 0.302. The van der Waals surface area contributed by atoms with E-state index in [0.717, 1.165) is 65.9 Å². The lowest BCUT2D eigenvalue weighted by Gasteiger charge is -2.37. The number of benzene rings is 1. The molecule has 0 saturated heterocycles. The smallest absolute Gasteiger partial charge is 0.266 e. The molecule has 1 aliphatic rings. The fourth-order valence-corrected chi connectivity index (χ4v) is 6.39. The summed E-state index contributed by atoms with van der Waals surface area (Å²) in [7, 11) is 1.95. The number of hydrogen-bond acceptors (Lipinski definition) is 4. The van der Waals surface area contributed by atoms with Gasteiger partial charge in [-0.2, -0.15) is 0 Å². The third kappa shape index (κ3) is 6.00. The van der Waals surface area contributed by atoms with Crippen LogP contribution < -0.4 is 5.32 Å². The molecule has 1 saturated carbocycles. The summed E-state index contributed by atoms with van der Waals surface area (Å²) in [5, 5.41) is 3.26. The Kier molecular flexibility index (Phi) is 8.90. The Bertz CT molecular complexity index is 1340. The van der Waals surface area contributed by atoms with E-state index in [1.54, 1.807) is 18.5 Å². The van der Waals surface area contributed by atoms with Crippen molar-refractivity contribution in [3.8, 4) is 0 Å². The zero-order chi connectivity index (χ0) is 26.5. The number of pyridine rings is 1. The number of nitrogens with zero attached hydrogens (tertiary/aromatic N) is 2. The van der Waals surface area contributed by atoms with Gasteiger partial charge in [-0.3, -0.25) is 9.78 Å². The Balaban J connectivity index is 1.70. The monoisotopic (exact) mass is 541 g/mol. The van der Waals surface area contributed by atoms with Crippen LogP contribution >= 0.6 is 22.9 Å². The highest BCUT2D eigenvalue weighted by Crippen LogP contribution is 2.40. The van der Waals surface area contributed by atoms with Crippen molar-refractivity contribution < 1.29 is 13.6 Å². The fourth-order valence-electron chi connectivity index (χ4n) is 4.89. The topological polar surface area (TPSA) is 45.2 Å². The summed E-state index contributed by atoms with van der Waals surface area (Å²) in [6.45, 7) is 6.17. The molecule has 2 heterocycles. The minimum absolute atomic E-state index is 0.0100. The van der Waals surface area contributed by atoms with Crippen LogP contribution in [0.2, 0.25) is 5.02 Å². The molecule has 1 aliphatic carbocycles. The van der Waals surface area contributed by atoms with E-state index in [1.807, 2.05) is 43.2 Å². The molecule has 0 spiro atoms. The molecule has 1 fully saturated rings. The molecule has 4 rings (SSSR count). The normalized spacial score (nSPS) is 18.7. The summed E-state index contributed by atoms with van der Waals surface area (Å²) in [4.78, 5) is 20.0. The first kappa shape index (κ1) is 27.2. The minimum atomic E-state index is -0.634. The summed E-state index contributed by atoms with van der Waals surface area (Å²) in [6, 6.07) is 6.34. The van der Waals surface area contributed by atoms with Crippen molar-refractivity contribution >= 4 is 44.5 Å². The number of fused-ring (bicyclic) bond motifs is 1. The van der Waals surface area contributed by atoms with Crippen molar-refractivity contribution in [2.75, 3.05) is 13.6 Å². The summed E-state index contributed by atoms with van der Waals surface area (Å²) in [5.74, 6) is -1.52. The van der Waals surface area contributed by atoms with Crippen molar-refractivity contribution in [2.24, 2.45) is 0 Å². The summed E-state index contributed by atoms with van der Waals surface area (Å²) in [6.07, 6.45) is 12.7.